The van der Waals surface area contributed by atoms with Gasteiger partial charge >= 0.3 is 4.87 Å². The van der Waals surface area contributed by atoms with Gasteiger partial charge in [0.2, 0.25) is 15.9 Å². The average Bonchev–Trinajstić information content (AvgIpc) is 3.14. The molecule has 4 rings (SSSR count). The predicted molar refractivity (Wildman–Crippen MR) is 135 cm³/mol. The minimum atomic E-state index is -3.57. The number of carbonyl (C=O) groups excluding carboxylic acids is 1. The zero-order valence-corrected chi connectivity index (χ0v) is 21.2. The quantitative estimate of drug-likeness (QED) is 0.502. The summed E-state index contributed by atoms with van der Waals surface area (Å²) in [6, 6.07) is 12.4. The summed E-state index contributed by atoms with van der Waals surface area (Å²) in [5.74, 6) is -0.378. The number of nitrogens with one attached hydrogen (secondary N) is 1. The van der Waals surface area contributed by atoms with Gasteiger partial charge in [0.25, 0.3) is 0 Å². The Labute approximate surface area is 201 Å². The van der Waals surface area contributed by atoms with E-state index in [4.69, 9.17) is 0 Å². The molecule has 0 saturated carbocycles. The lowest BCUT2D eigenvalue weighted by Crippen LogP contribution is -2.41. The maximum atomic E-state index is 12.9. The van der Waals surface area contributed by atoms with Crippen molar-refractivity contribution in [2.24, 2.45) is 5.92 Å². The van der Waals surface area contributed by atoms with Crippen molar-refractivity contribution in [2.45, 2.75) is 42.5 Å². The number of rotatable bonds is 6. The monoisotopic (exact) mass is 505 g/mol. The van der Waals surface area contributed by atoms with Gasteiger partial charge in [-0.3, -0.25) is 14.2 Å². The molecule has 1 saturated heterocycles. The van der Waals surface area contributed by atoms with Gasteiger partial charge in [-0.25, -0.2) is 8.42 Å². The van der Waals surface area contributed by atoms with Crippen molar-refractivity contribution >= 4 is 54.9 Å². The zero-order chi connectivity index (χ0) is 23.8. The Bertz CT molecular complexity index is 1320. The summed E-state index contributed by atoms with van der Waals surface area (Å²) in [6.07, 6.45) is 2.88. The zero-order valence-electron chi connectivity index (χ0n) is 18.8. The van der Waals surface area contributed by atoms with E-state index in [0.717, 1.165) is 15.1 Å². The molecule has 0 unspecified atom stereocenters. The molecule has 0 atom stereocenters. The Hall–Kier alpha value is -2.14. The minimum Gasteiger partial charge on any atom is -0.326 e. The second kappa shape index (κ2) is 9.61. The van der Waals surface area contributed by atoms with Crippen LogP contribution in [0, 0.1) is 5.92 Å². The summed E-state index contributed by atoms with van der Waals surface area (Å²) in [5, 5.41) is 2.95. The van der Waals surface area contributed by atoms with Gasteiger partial charge in [0.15, 0.2) is 0 Å². The molecule has 176 valence electrons. The molecule has 0 radical (unpaired) electrons. The number of hydrogen-bond donors (Lipinski definition) is 1. The topological polar surface area (TPSA) is 88.5 Å². The first kappa shape index (κ1) is 24.0. The first-order chi connectivity index (χ1) is 15.7. The maximum absolute atomic E-state index is 12.9. The molecule has 1 aromatic heterocycles. The van der Waals surface area contributed by atoms with Gasteiger partial charge in [0.1, 0.15) is 0 Å². The normalized spacial score (nSPS) is 15.9. The fourth-order valence-corrected chi connectivity index (χ4v) is 7.03. The molecule has 33 heavy (non-hydrogen) atoms. The highest BCUT2D eigenvalue weighted by atomic mass is 32.2. The number of sulfonamides is 1. The minimum absolute atomic E-state index is 0.0138. The molecule has 1 N–H and O–H groups in total. The number of thioether (sulfide) groups is 1. The van der Waals surface area contributed by atoms with Crippen molar-refractivity contribution in [3.05, 3.63) is 52.1 Å². The molecule has 1 fully saturated rings. The van der Waals surface area contributed by atoms with Crippen molar-refractivity contribution in [1.29, 1.82) is 0 Å². The summed E-state index contributed by atoms with van der Waals surface area (Å²) in [6.45, 7) is 4.55. The van der Waals surface area contributed by atoms with Crippen molar-refractivity contribution in [1.82, 2.24) is 8.87 Å². The molecular weight excluding hydrogens is 478 g/mol. The summed E-state index contributed by atoms with van der Waals surface area (Å²) in [5.41, 5.74) is 1.51. The van der Waals surface area contributed by atoms with E-state index in [2.05, 4.69) is 5.32 Å². The van der Waals surface area contributed by atoms with Crippen LogP contribution >= 0.6 is 23.1 Å². The van der Waals surface area contributed by atoms with E-state index < -0.39 is 10.0 Å². The number of anilines is 1. The van der Waals surface area contributed by atoms with Crippen molar-refractivity contribution in [3.8, 4) is 0 Å². The van der Waals surface area contributed by atoms with E-state index in [1.54, 1.807) is 40.6 Å². The van der Waals surface area contributed by atoms with Crippen molar-refractivity contribution < 1.29 is 13.2 Å². The smallest absolute Gasteiger partial charge is 0.308 e. The summed E-state index contributed by atoms with van der Waals surface area (Å²) < 4.78 is 29.9. The second-order valence-electron chi connectivity index (χ2n) is 8.36. The van der Waals surface area contributed by atoms with Crippen LogP contribution in [0.5, 0.6) is 0 Å². The maximum Gasteiger partial charge on any atom is 0.308 e. The molecule has 10 heteroatoms. The summed E-state index contributed by atoms with van der Waals surface area (Å²) in [4.78, 5) is 26.4. The average molecular weight is 506 g/mol. The second-order valence-corrected chi connectivity index (χ2v) is 12.2. The Balaban J connectivity index is 1.40. The number of amides is 1. The number of piperidine rings is 1. The fraction of sp³-hybridized carbons (Fsp3) is 0.391. The first-order valence-electron chi connectivity index (χ1n) is 10.8. The molecule has 7 nitrogen and oxygen atoms in total. The highest BCUT2D eigenvalue weighted by Crippen LogP contribution is 2.28. The molecule has 2 heterocycles. The van der Waals surface area contributed by atoms with Crippen LogP contribution in [0.3, 0.4) is 0 Å². The predicted octanol–water partition coefficient (Wildman–Crippen LogP) is 4.41. The van der Waals surface area contributed by atoms with E-state index >= 15 is 0 Å². The Morgan fingerprint density at radius 1 is 1.12 bits per heavy atom. The molecule has 1 aliphatic rings. The van der Waals surface area contributed by atoms with E-state index in [1.807, 2.05) is 38.3 Å². The Morgan fingerprint density at radius 3 is 2.39 bits per heavy atom. The molecule has 0 spiro atoms. The van der Waals surface area contributed by atoms with Crippen LogP contribution in [-0.4, -0.2) is 42.5 Å². The number of benzene rings is 2. The van der Waals surface area contributed by atoms with Crippen LogP contribution in [0.4, 0.5) is 5.69 Å². The number of aromatic nitrogens is 1. The number of carbonyl (C=O) groups is 1. The fourth-order valence-electron chi connectivity index (χ4n) is 4.10. The number of thiazole rings is 1. The molecule has 0 bridgehead atoms. The molecule has 1 aliphatic heterocycles. The standard InChI is InChI=1S/C23H27N3O4S3/c1-15(2)26-20-9-4-17(14-21(20)32-23(26)28)24-22(27)16-10-12-25(13-11-16)33(29,30)19-7-5-18(31-3)6-8-19/h4-9,14-16H,10-13H2,1-3H3,(H,24,27). The third-order valence-electron chi connectivity index (χ3n) is 5.92. The Kier molecular flexibility index (Phi) is 6.99. The first-order valence-corrected chi connectivity index (χ1v) is 14.3. The van der Waals surface area contributed by atoms with E-state index in [-0.39, 0.29) is 27.6 Å². The third-order valence-corrected chi connectivity index (χ3v) is 9.49. The summed E-state index contributed by atoms with van der Waals surface area (Å²) in [7, 11) is -3.57. The van der Waals surface area contributed by atoms with Crippen LogP contribution in [0.1, 0.15) is 32.7 Å². The van der Waals surface area contributed by atoms with Crippen LogP contribution < -0.4 is 10.2 Å². The van der Waals surface area contributed by atoms with Gasteiger partial charge in [0, 0.05) is 35.6 Å². The van der Waals surface area contributed by atoms with Gasteiger partial charge < -0.3 is 5.32 Å². The number of nitrogens with zero attached hydrogens (tertiary/aromatic N) is 2. The molecule has 0 aliphatic carbocycles. The van der Waals surface area contributed by atoms with Gasteiger partial charge in [0.05, 0.1) is 15.1 Å². The lowest BCUT2D eigenvalue weighted by molar-refractivity contribution is -0.120. The highest BCUT2D eigenvalue weighted by molar-refractivity contribution is 7.98. The lowest BCUT2D eigenvalue weighted by atomic mass is 9.97. The molecule has 3 aromatic rings. The molecule has 1 amide bonds. The SMILES string of the molecule is CSc1ccc(S(=O)(=O)N2CCC(C(=O)Nc3ccc4c(c3)sc(=O)n4C(C)C)CC2)cc1. The van der Waals surface area contributed by atoms with Gasteiger partial charge in [-0.2, -0.15) is 4.31 Å². The molecular formula is C23H27N3O4S3. The van der Waals surface area contributed by atoms with E-state index in [0.29, 0.717) is 31.6 Å². The largest absolute Gasteiger partial charge is 0.326 e. The Morgan fingerprint density at radius 2 is 1.79 bits per heavy atom. The summed E-state index contributed by atoms with van der Waals surface area (Å²) >= 11 is 2.73. The van der Waals surface area contributed by atoms with E-state index in [9.17, 15) is 18.0 Å². The van der Waals surface area contributed by atoms with E-state index in [1.165, 1.54) is 15.6 Å². The van der Waals surface area contributed by atoms with Gasteiger partial charge in [-0.1, -0.05) is 11.3 Å². The molecule has 2 aromatic carbocycles. The van der Waals surface area contributed by atoms with Crippen LogP contribution in [-0.2, 0) is 14.8 Å². The number of hydrogen-bond acceptors (Lipinski definition) is 6. The number of fused-ring (bicyclic) bond motifs is 1. The third kappa shape index (κ3) is 4.89. The van der Waals surface area contributed by atoms with Crippen LogP contribution in [0.15, 0.2) is 57.1 Å². The van der Waals surface area contributed by atoms with Gasteiger partial charge in [-0.05, 0) is 75.4 Å². The van der Waals surface area contributed by atoms with Gasteiger partial charge in [-0.15, -0.1) is 11.8 Å². The van der Waals surface area contributed by atoms with Crippen LogP contribution in [0.25, 0.3) is 10.2 Å². The van der Waals surface area contributed by atoms with Crippen molar-refractivity contribution in [3.63, 3.8) is 0 Å². The highest BCUT2D eigenvalue weighted by Gasteiger charge is 2.32. The lowest BCUT2D eigenvalue weighted by Gasteiger charge is -2.30. The van der Waals surface area contributed by atoms with Crippen LogP contribution in [0.2, 0.25) is 0 Å². The van der Waals surface area contributed by atoms with Crippen molar-refractivity contribution in [2.75, 3.05) is 24.7 Å².